The zero-order valence-electron chi connectivity index (χ0n) is 22.7. The number of nitrogens with zero attached hydrogens (tertiary/aromatic N) is 2. The highest BCUT2D eigenvalue weighted by Gasteiger charge is 2.24. The van der Waals surface area contributed by atoms with Crippen LogP contribution in [0.5, 0.6) is 0 Å². The molecule has 0 fully saturated rings. The van der Waals surface area contributed by atoms with Gasteiger partial charge in [-0.3, -0.25) is 4.99 Å². The van der Waals surface area contributed by atoms with Gasteiger partial charge in [0, 0.05) is 44.0 Å². The van der Waals surface area contributed by atoms with E-state index in [1.165, 1.54) is 21.9 Å². The van der Waals surface area contributed by atoms with E-state index in [0.717, 1.165) is 55.7 Å². The molecule has 1 atom stereocenters. The van der Waals surface area contributed by atoms with E-state index in [9.17, 15) is 0 Å². The van der Waals surface area contributed by atoms with Gasteiger partial charge in [0.25, 0.3) is 0 Å². The largest absolute Gasteiger partial charge is 0.456 e. The summed E-state index contributed by atoms with van der Waals surface area (Å²) in [4.78, 5) is 5.26. The average molecular weight is 540 g/mol. The average Bonchev–Trinajstić information content (AvgIpc) is 3.58. The van der Waals surface area contributed by atoms with Gasteiger partial charge < -0.3 is 14.3 Å². The van der Waals surface area contributed by atoms with Crippen molar-refractivity contribution in [2.45, 2.75) is 6.04 Å². The number of benzene rings is 6. The number of hydrogen-bond acceptors (Lipinski definition) is 3. The Morgan fingerprint density at radius 1 is 0.571 bits per heavy atom. The molecule has 3 heterocycles. The first-order valence-electron chi connectivity index (χ1n) is 14.3. The number of anilines is 1. The molecule has 198 valence electrons. The number of fused-ring (bicyclic) bond motifs is 7. The molecular weight excluding hydrogens is 514 g/mol. The number of para-hydroxylation sites is 3. The summed E-state index contributed by atoms with van der Waals surface area (Å²) in [7, 11) is 0. The topological polar surface area (TPSA) is 42.5 Å². The second-order valence-electron chi connectivity index (χ2n) is 10.9. The molecule has 4 heteroatoms. The van der Waals surface area contributed by atoms with E-state index in [-0.39, 0.29) is 6.04 Å². The number of rotatable bonds is 3. The van der Waals surface area contributed by atoms with Crippen LogP contribution in [0.15, 0.2) is 149 Å². The third-order valence-corrected chi connectivity index (χ3v) is 8.43. The maximum absolute atomic E-state index is 6.26. The van der Waals surface area contributed by atoms with Crippen molar-refractivity contribution in [2.75, 3.05) is 5.32 Å². The van der Waals surface area contributed by atoms with Crippen LogP contribution < -0.4 is 5.32 Å². The first-order valence-corrected chi connectivity index (χ1v) is 14.3. The normalized spacial score (nSPS) is 14.8. The van der Waals surface area contributed by atoms with E-state index in [4.69, 9.17) is 9.41 Å². The quantitative estimate of drug-likeness (QED) is 0.243. The van der Waals surface area contributed by atoms with Crippen LogP contribution >= 0.6 is 0 Å². The number of nitrogens with one attached hydrogen (secondary N) is 1. The van der Waals surface area contributed by atoms with Crippen LogP contribution in [0.25, 0.3) is 49.4 Å². The Morgan fingerprint density at radius 3 is 2.29 bits per heavy atom. The van der Waals surface area contributed by atoms with Crippen molar-refractivity contribution in [2.24, 2.45) is 4.99 Å². The molecule has 1 unspecified atom stereocenters. The van der Waals surface area contributed by atoms with Gasteiger partial charge in [0.1, 0.15) is 23.0 Å². The van der Waals surface area contributed by atoms with Gasteiger partial charge in [-0.1, -0.05) is 97.1 Å². The number of amidine groups is 1. The van der Waals surface area contributed by atoms with Crippen molar-refractivity contribution in [3.63, 3.8) is 0 Å². The Kier molecular flexibility index (Phi) is 4.93. The lowest BCUT2D eigenvalue weighted by molar-refractivity contribution is 0.669. The van der Waals surface area contributed by atoms with E-state index >= 15 is 0 Å². The lowest BCUT2D eigenvalue weighted by Gasteiger charge is -2.26. The Balaban J connectivity index is 1.25. The zero-order valence-corrected chi connectivity index (χ0v) is 22.7. The highest BCUT2D eigenvalue weighted by molar-refractivity contribution is 6.17. The molecule has 0 saturated heterocycles. The predicted molar refractivity (Wildman–Crippen MR) is 173 cm³/mol. The second-order valence-corrected chi connectivity index (χ2v) is 10.9. The van der Waals surface area contributed by atoms with Crippen LogP contribution in [0.3, 0.4) is 0 Å². The molecule has 42 heavy (non-hydrogen) atoms. The van der Waals surface area contributed by atoms with Gasteiger partial charge in [-0.15, -0.1) is 0 Å². The molecule has 0 saturated carbocycles. The van der Waals surface area contributed by atoms with Gasteiger partial charge in [0.2, 0.25) is 0 Å². The number of furan rings is 1. The molecule has 0 amide bonds. The summed E-state index contributed by atoms with van der Waals surface area (Å²) in [5.41, 5.74) is 9.72. The van der Waals surface area contributed by atoms with Crippen molar-refractivity contribution in [1.29, 1.82) is 0 Å². The molecule has 4 nitrogen and oxygen atoms in total. The molecule has 0 spiro atoms. The van der Waals surface area contributed by atoms with Gasteiger partial charge in [0.05, 0.1) is 11.0 Å². The third-order valence-electron chi connectivity index (χ3n) is 8.43. The van der Waals surface area contributed by atoms with Crippen LogP contribution in [0.2, 0.25) is 0 Å². The van der Waals surface area contributed by atoms with Crippen LogP contribution in [0.1, 0.15) is 22.7 Å². The molecule has 0 bridgehead atoms. The van der Waals surface area contributed by atoms with Crippen LogP contribution in [-0.4, -0.2) is 10.4 Å². The van der Waals surface area contributed by atoms with Gasteiger partial charge in [-0.25, -0.2) is 0 Å². The molecular formula is C38H25N3O. The monoisotopic (exact) mass is 539 g/mol. The molecule has 9 rings (SSSR count). The van der Waals surface area contributed by atoms with Gasteiger partial charge in [-0.05, 0) is 48.0 Å². The molecule has 8 aromatic rings. The molecule has 0 radical (unpaired) electrons. The SMILES string of the molecule is c1ccc(C2N=C(c3cccc(-n4c5ccccc5c5cc6oc7ccccc7c6cc54)c3)Nc3ccccc32)cc1. The van der Waals surface area contributed by atoms with Crippen LogP contribution in [0.4, 0.5) is 5.69 Å². The Labute approximate surface area is 242 Å². The second kappa shape index (κ2) is 8.95. The summed E-state index contributed by atoms with van der Waals surface area (Å²) in [6.45, 7) is 0. The highest BCUT2D eigenvalue weighted by Crippen LogP contribution is 2.39. The van der Waals surface area contributed by atoms with Crippen molar-refractivity contribution in [3.05, 3.63) is 156 Å². The summed E-state index contributed by atoms with van der Waals surface area (Å²) in [5, 5.41) is 8.26. The van der Waals surface area contributed by atoms with Gasteiger partial charge in [0.15, 0.2) is 0 Å². The van der Waals surface area contributed by atoms with Crippen molar-refractivity contribution < 1.29 is 4.42 Å². The maximum atomic E-state index is 6.26. The third kappa shape index (κ3) is 3.45. The standard InChI is InChI=1S/C38H25N3O/c1-2-11-24(12-3-1)37-29-17-4-7-18-32(29)39-38(40-37)25-13-10-14-26(21-25)41-33-19-8-5-15-27(33)30-23-36-31(22-34(30)41)28-16-6-9-20-35(28)42-36/h1-23,37H,(H,39,40). The molecule has 1 aliphatic heterocycles. The summed E-state index contributed by atoms with van der Waals surface area (Å²) in [6, 6.07) is 48.9. The highest BCUT2D eigenvalue weighted by atomic mass is 16.3. The molecule has 1 aliphatic rings. The van der Waals surface area contributed by atoms with E-state index in [1.54, 1.807) is 0 Å². The Bertz CT molecular complexity index is 2340. The first-order chi connectivity index (χ1) is 20.8. The number of aromatic nitrogens is 1. The summed E-state index contributed by atoms with van der Waals surface area (Å²) in [6.07, 6.45) is 0. The Hall–Kier alpha value is -5.61. The smallest absolute Gasteiger partial charge is 0.136 e. The van der Waals surface area contributed by atoms with Gasteiger partial charge in [-0.2, -0.15) is 0 Å². The maximum Gasteiger partial charge on any atom is 0.136 e. The number of aliphatic imine (C=N–C) groups is 1. The fourth-order valence-corrected chi connectivity index (χ4v) is 6.50. The van der Waals surface area contributed by atoms with E-state index in [1.807, 2.05) is 12.1 Å². The van der Waals surface area contributed by atoms with E-state index < -0.39 is 0 Å². The van der Waals surface area contributed by atoms with Crippen molar-refractivity contribution >= 4 is 55.3 Å². The summed E-state index contributed by atoms with van der Waals surface area (Å²) in [5.74, 6) is 0.869. The minimum atomic E-state index is -0.0711. The molecule has 6 aromatic carbocycles. The minimum absolute atomic E-state index is 0.0711. The lowest BCUT2D eigenvalue weighted by atomic mass is 9.95. The van der Waals surface area contributed by atoms with E-state index in [2.05, 4.69) is 137 Å². The summed E-state index contributed by atoms with van der Waals surface area (Å²) >= 11 is 0. The lowest BCUT2D eigenvalue weighted by Crippen LogP contribution is -2.22. The summed E-state index contributed by atoms with van der Waals surface area (Å²) < 4.78 is 8.63. The predicted octanol–water partition coefficient (Wildman–Crippen LogP) is 9.64. The minimum Gasteiger partial charge on any atom is -0.456 e. The zero-order chi connectivity index (χ0) is 27.6. The fraction of sp³-hybridized carbons (Fsp3) is 0.0263. The molecule has 1 N–H and O–H groups in total. The van der Waals surface area contributed by atoms with Crippen molar-refractivity contribution in [1.82, 2.24) is 4.57 Å². The number of hydrogen-bond donors (Lipinski definition) is 1. The van der Waals surface area contributed by atoms with Crippen molar-refractivity contribution in [3.8, 4) is 5.69 Å². The first kappa shape index (κ1) is 23.1. The Morgan fingerprint density at radius 2 is 1.36 bits per heavy atom. The van der Waals surface area contributed by atoms with Gasteiger partial charge >= 0.3 is 0 Å². The van der Waals surface area contributed by atoms with Crippen LogP contribution in [-0.2, 0) is 0 Å². The van der Waals surface area contributed by atoms with E-state index in [0.29, 0.717) is 0 Å². The molecule has 2 aromatic heterocycles. The molecule has 0 aliphatic carbocycles. The fourth-order valence-electron chi connectivity index (χ4n) is 6.50. The van der Waals surface area contributed by atoms with Crippen LogP contribution in [0, 0.1) is 0 Å².